The standard InChI is InChI=1S/C19H18N2O3/c1-3-13-4-8-15(9-5-13)21-19(23)17(12-20)18(22)14-6-10-16(24-2)11-7-14/h4-11,17H,3H2,1-2H3,(H,21,23). The number of nitrogens with one attached hydrogen (secondary N) is 1. The quantitative estimate of drug-likeness (QED) is 0.654. The van der Waals surface area contributed by atoms with E-state index >= 15 is 0 Å². The summed E-state index contributed by atoms with van der Waals surface area (Å²) in [4.78, 5) is 24.6. The zero-order valence-corrected chi connectivity index (χ0v) is 13.6. The molecule has 2 rings (SSSR count). The summed E-state index contributed by atoms with van der Waals surface area (Å²) < 4.78 is 5.03. The maximum atomic E-state index is 12.4. The lowest BCUT2D eigenvalue weighted by Crippen LogP contribution is -2.28. The van der Waals surface area contributed by atoms with Crippen molar-refractivity contribution in [2.24, 2.45) is 5.92 Å². The van der Waals surface area contributed by atoms with Crippen LogP contribution in [0.15, 0.2) is 48.5 Å². The number of methoxy groups -OCH3 is 1. The van der Waals surface area contributed by atoms with Gasteiger partial charge in [0.2, 0.25) is 5.91 Å². The SMILES string of the molecule is CCc1ccc(NC(=O)C(C#N)C(=O)c2ccc(OC)cc2)cc1. The van der Waals surface area contributed by atoms with Gasteiger partial charge in [-0.1, -0.05) is 19.1 Å². The Morgan fingerprint density at radius 1 is 1.12 bits per heavy atom. The van der Waals surface area contributed by atoms with Crippen LogP contribution >= 0.6 is 0 Å². The monoisotopic (exact) mass is 322 g/mol. The van der Waals surface area contributed by atoms with Crippen LogP contribution in [0.3, 0.4) is 0 Å². The molecule has 0 aliphatic rings. The van der Waals surface area contributed by atoms with Crippen LogP contribution in [-0.4, -0.2) is 18.8 Å². The number of nitrogens with zero attached hydrogens (tertiary/aromatic N) is 1. The zero-order chi connectivity index (χ0) is 17.5. The Bertz CT molecular complexity index is 759. The number of ether oxygens (including phenoxy) is 1. The smallest absolute Gasteiger partial charge is 0.249 e. The van der Waals surface area contributed by atoms with Gasteiger partial charge in [-0.2, -0.15) is 5.26 Å². The van der Waals surface area contributed by atoms with Crippen LogP contribution in [0.1, 0.15) is 22.8 Å². The fourth-order valence-corrected chi connectivity index (χ4v) is 2.20. The lowest BCUT2D eigenvalue weighted by molar-refractivity contribution is -0.117. The molecule has 0 radical (unpaired) electrons. The number of rotatable bonds is 6. The molecule has 24 heavy (non-hydrogen) atoms. The Balaban J connectivity index is 2.12. The molecule has 0 aromatic heterocycles. The fourth-order valence-electron chi connectivity index (χ4n) is 2.20. The van der Waals surface area contributed by atoms with Gasteiger partial charge >= 0.3 is 0 Å². The molecule has 122 valence electrons. The van der Waals surface area contributed by atoms with Gasteiger partial charge in [-0.15, -0.1) is 0 Å². The summed E-state index contributed by atoms with van der Waals surface area (Å²) >= 11 is 0. The molecule has 1 atom stereocenters. The predicted octanol–water partition coefficient (Wildman–Crippen LogP) is 3.22. The molecular weight excluding hydrogens is 304 g/mol. The molecule has 0 saturated heterocycles. The van der Waals surface area contributed by atoms with E-state index in [1.54, 1.807) is 30.3 Å². The summed E-state index contributed by atoms with van der Waals surface area (Å²) in [6.07, 6.45) is 0.894. The lowest BCUT2D eigenvalue weighted by atomic mass is 9.98. The summed E-state index contributed by atoms with van der Waals surface area (Å²) in [7, 11) is 1.52. The second kappa shape index (κ2) is 7.93. The summed E-state index contributed by atoms with van der Waals surface area (Å²) in [5.74, 6) is -1.98. The van der Waals surface area contributed by atoms with Gasteiger partial charge in [0.15, 0.2) is 11.7 Å². The van der Waals surface area contributed by atoms with Crippen LogP contribution in [-0.2, 0) is 11.2 Å². The summed E-state index contributed by atoms with van der Waals surface area (Å²) in [6.45, 7) is 2.03. The number of Topliss-reactive ketones (excluding diaryl/α,β-unsaturated/α-hetero) is 1. The van der Waals surface area contributed by atoms with Gasteiger partial charge in [0.1, 0.15) is 5.75 Å². The summed E-state index contributed by atoms with van der Waals surface area (Å²) in [6, 6.07) is 15.4. The molecule has 0 saturated carbocycles. The third kappa shape index (κ3) is 3.99. The average molecular weight is 322 g/mol. The first-order valence-corrected chi connectivity index (χ1v) is 7.56. The van der Waals surface area contributed by atoms with Crippen molar-refractivity contribution in [3.05, 3.63) is 59.7 Å². The van der Waals surface area contributed by atoms with E-state index in [4.69, 9.17) is 4.74 Å². The molecule has 5 nitrogen and oxygen atoms in total. The molecule has 0 aliphatic heterocycles. The van der Waals surface area contributed by atoms with E-state index in [1.807, 2.05) is 19.1 Å². The minimum atomic E-state index is -1.40. The van der Waals surface area contributed by atoms with Crippen molar-refractivity contribution < 1.29 is 14.3 Å². The van der Waals surface area contributed by atoms with E-state index < -0.39 is 17.6 Å². The Morgan fingerprint density at radius 2 is 1.75 bits per heavy atom. The summed E-state index contributed by atoms with van der Waals surface area (Å²) in [5, 5.41) is 11.8. The van der Waals surface area contributed by atoms with Gasteiger partial charge < -0.3 is 10.1 Å². The van der Waals surface area contributed by atoms with E-state index in [0.29, 0.717) is 17.0 Å². The number of hydrogen-bond acceptors (Lipinski definition) is 4. The molecule has 0 aliphatic carbocycles. The number of benzene rings is 2. The number of carbonyl (C=O) groups is 2. The molecular formula is C19H18N2O3. The highest BCUT2D eigenvalue weighted by molar-refractivity contribution is 6.15. The number of carbonyl (C=O) groups excluding carboxylic acids is 2. The normalized spacial score (nSPS) is 11.2. The van der Waals surface area contributed by atoms with Crippen molar-refractivity contribution in [2.45, 2.75) is 13.3 Å². The fraction of sp³-hybridized carbons (Fsp3) is 0.211. The van der Waals surface area contributed by atoms with Crippen molar-refractivity contribution >= 4 is 17.4 Å². The second-order valence-corrected chi connectivity index (χ2v) is 5.19. The van der Waals surface area contributed by atoms with Crippen LogP contribution in [0.2, 0.25) is 0 Å². The van der Waals surface area contributed by atoms with E-state index in [9.17, 15) is 14.9 Å². The molecule has 0 fully saturated rings. The third-order valence-electron chi connectivity index (χ3n) is 3.66. The van der Waals surface area contributed by atoms with Crippen LogP contribution in [0.5, 0.6) is 5.75 Å². The minimum absolute atomic E-state index is 0.291. The third-order valence-corrected chi connectivity index (χ3v) is 3.66. The molecule has 5 heteroatoms. The van der Waals surface area contributed by atoms with Crippen LogP contribution in [0, 0.1) is 17.2 Å². The average Bonchev–Trinajstić information content (AvgIpc) is 2.63. The van der Waals surface area contributed by atoms with Crippen LogP contribution in [0.4, 0.5) is 5.69 Å². The Morgan fingerprint density at radius 3 is 2.25 bits per heavy atom. The van der Waals surface area contributed by atoms with Gasteiger partial charge in [-0.25, -0.2) is 0 Å². The zero-order valence-electron chi connectivity index (χ0n) is 13.6. The first-order chi connectivity index (χ1) is 11.6. The Hall–Kier alpha value is -3.13. The maximum absolute atomic E-state index is 12.4. The van der Waals surface area contributed by atoms with Crippen molar-refractivity contribution in [3.8, 4) is 11.8 Å². The molecule has 2 aromatic rings. The Labute approximate surface area is 140 Å². The van der Waals surface area contributed by atoms with E-state index in [-0.39, 0.29) is 0 Å². The van der Waals surface area contributed by atoms with Gasteiger partial charge in [-0.3, -0.25) is 9.59 Å². The molecule has 0 spiro atoms. The number of nitriles is 1. The van der Waals surface area contributed by atoms with Crippen molar-refractivity contribution in [2.75, 3.05) is 12.4 Å². The largest absolute Gasteiger partial charge is 0.497 e. The first kappa shape index (κ1) is 17.2. The van der Waals surface area contributed by atoms with E-state index in [1.165, 1.54) is 19.2 Å². The number of ketones is 1. The lowest BCUT2D eigenvalue weighted by Gasteiger charge is -2.10. The van der Waals surface area contributed by atoms with E-state index in [0.717, 1.165) is 12.0 Å². The number of anilines is 1. The molecule has 0 heterocycles. The number of amides is 1. The van der Waals surface area contributed by atoms with Crippen molar-refractivity contribution in [1.82, 2.24) is 0 Å². The van der Waals surface area contributed by atoms with Crippen LogP contribution in [0.25, 0.3) is 0 Å². The first-order valence-electron chi connectivity index (χ1n) is 7.56. The van der Waals surface area contributed by atoms with Gasteiger partial charge in [0, 0.05) is 11.3 Å². The molecule has 1 N–H and O–H groups in total. The highest BCUT2D eigenvalue weighted by atomic mass is 16.5. The minimum Gasteiger partial charge on any atom is -0.497 e. The molecule has 2 aromatic carbocycles. The topological polar surface area (TPSA) is 79.2 Å². The summed E-state index contributed by atoms with van der Waals surface area (Å²) in [5.41, 5.74) is 1.98. The predicted molar refractivity (Wildman–Crippen MR) is 90.9 cm³/mol. The molecule has 1 unspecified atom stereocenters. The van der Waals surface area contributed by atoms with Gasteiger partial charge in [0.05, 0.1) is 13.2 Å². The number of hydrogen-bond donors (Lipinski definition) is 1. The van der Waals surface area contributed by atoms with E-state index in [2.05, 4.69) is 5.32 Å². The molecule has 1 amide bonds. The highest BCUT2D eigenvalue weighted by Gasteiger charge is 2.27. The van der Waals surface area contributed by atoms with Gasteiger partial charge in [-0.05, 0) is 48.4 Å². The van der Waals surface area contributed by atoms with Crippen LogP contribution < -0.4 is 10.1 Å². The van der Waals surface area contributed by atoms with Crippen molar-refractivity contribution in [1.29, 1.82) is 5.26 Å². The highest BCUT2D eigenvalue weighted by Crippen LogP contribution is 2.17. The van der Waals surface area contributed by atoms with Crippen molar-refractivity contribution in [3.63, 3.8) is 0 Å². The molecule has 0 bridgehead atoms. The second-order valence-electron chi connectivity index (χ2n) is 5.19. The maximum Gasteiger partial charge on any atom is 0.249 e. The van der Waals surface area contributed by atoms with Gasteiger partial charge in [0.25, 0.3) is 0 Å². The number of aryl methyl sites for hydroxylation is 1. The Kier molecular flexibility index (Phi) is 5.69.